The Kier molecular flexibility index (Phi) is 2.64. The van der Waals surface area contributed by atoms with Crippen molar-refractivity contribution in [2.75, 3.05) is 5.32 Å². The summed E-state index contributed by atoms with van der Waals surface area (Å²) < 4.78 is 1.21. The van der Waals surface area contributed by atoms with Gasteiger partial charge >= 0.3 is 0 Å². The number of anilines is 1. The molecule has 1 aromatic carbocycles. The lowest BCUT2D eigenvalue weighted by atomic mass is 9.92. The van der Waals surface area contributed by atoms with Gasteiger partial charge in [-0.15, -0.1) is 0 Å². The van der Waals surface area contributed by atoms with Gasteiger partial charge < -0.3 is 5.32 Å². The largest absolute Gasteiger partial charge is 0.325 e. The highest BCUT2D eigenvalue weighted by atomic mass is 16.6. The summed E-state index contributed by atoms with van der Waals surface area (Å²) >= 11 is 0. The number of fused-ring (bicyclic) bond motifs is 2. The highest BCUT2D eigenvalue weighted by Gasteiger charge is 2.50. The number of rotatable bonds is 2. The van der Waals surface area contributed by atoms with Gasteiger partial charge in [-0.2, -0.15) is 10.1 Å². The van der Waals surface area contributed by atoms with Gasteiger partial charge in [0.1, 0.15) is 12.2 Å². The number of allylic oxidation sites excluding steroid dienone is 1. The van der Waals surface area contributed by atoms with Gasteiger partial charge in [-0.1, -0.05) is 24.3 Å². The fourth-order valence-electron chi connectivity index (χ4n) is 3.03. The third kappa shape index (κ3) is 1.73. The monoisotopic (exact) mass is 311 g/mol. The molecule has 2 heterocycles. The molecule has 1 atom stereocenters. The second-order valence-corrected chi connectivity index (χ2v) is 5.20. The van der Waals surface area contributed by atoms with E-state index in [0.717, 1.165) is 6.20 Å². The second-order valence-electron chi connectivity index (χ2n) is 5.20. The van der Waals surface area contributed by atoms with Gasteiger partial charge in [0.05, 0.1) is 11.1 Å². The van der Waals surface area contributed by atoms with Crippen LogP contribution in [0, 0.1) is 16.0 Å². The normalized spacial score (nSPS) is 19.8. The van der Waals surface area contributed by atoms with Crippen molar-refractivity contribution in [3.05, 3.63) is 63.7 Å². The van der Waals surface area contributed by atoms with E-state index in [0.29, 0.717) is 0 Å². The highest BCUT2D eigenvalue weighted by Crippen LogP contribution is 2.39. The Balaban J connectivity index is 1.87. The van der Waals surface area contributed by atoms with Crippen LogP contribution < -0.4 is 5.32 Å². The molecule has 2 aliphatic rings. The molecule has 1 aliphatic carbocycles. The topological polar surface area (TPSA) is 120 Å². The number of carbonyl (C=O) groups excluding carboxylic acids is 2. The van der Waals surface area contributed by atoms with Crippen molar-refractivity contribution in [3.63, 3.8) is 0 Å². The van der Waals surface area contributed by atoms with Crippen molar-refractivity contribution in [3.8, 4) is 0 Å². The first-order valence-corrected chi connectivity index (χ1v) is 6.77. The van der Waals surface area contributed by atoms with E-state index in [1.165, 1.54) is 11.0 Å². The van der Waals surface area contributed by atoms with Crippen LogP contribution in [0.4, 0.5) is 5.95 Å². The number of nitrogens with one attached hydrogen (secondary N) is 1. The fraction of sp³-hybridized carbons (Fsp3) is 0.143. The standard InChI is InChI=1S/C14H9N5O4/c20-12-7-3-1-2-4-8(7)13(21)10(12)11-9(19(22)23)5-15-14-16-6-17-18(11)14/h1-6,10-11H,(H,15,16,17). The molecule has 9 nitrogen and oxygen atoms in total. The highest BCUT2D eigenvalue weighted by molar-refractivity contribution is 6.26. The van der Waals surface area contributed by atoms with Crippen LogP contribution in [0.3, 0.4) is 0 Å². The van der Waals surface area contributed by atoms with E-state index in [9.17, 15) is 19.7 Å². The molecular weight excluding hydrogens is 302 g/mol. The molecule has 1 unspecified atom stereocenters. The quantitative estimate of drug-likeness (QED) is 0.500. The molecule has 4 rings (SSSR count). The Labute approximate surface area is 128 Å². The van der Waals surface area contributed by atoms with E-state index in [2.05, 4.69) is 15.4 Å². The zero-order valence-electron chi connectivity index (χ0n) is 11.5. The smallest absolute Gasteiger partial charge is 0.287 e. The van der Waals surface area contributed by atoms with E-state index in [4.69, 9.17) is 0 Å². The molecule has 1 aliphatic heterocycles. The number of hydrogen-bond acceptors (Lipinski definition) is 7. The molecule has 2 aromatic rings. The van der Waals surface area contributed by atoms with E-state index < -0.39 is 28.4 Å². The zero-order chi connectivity index (χ0) is 16.1. The summed E-state index contributed by atoms with van der Waals surface area (Å²) in [6.07, 6.45) is 2.36. The van der Waals surface area contributed by atoms with Gasteiger partial charge in [-0.05, 0) is 0 Å². The molecule has 1 aromatic heterocycles. The maximum absolute atomic E-state index is 12.7. The van der Waals surface area contributed by atoms with Gasteiger partial charge in [-0.3, -0.25) is 19.7 Å². The first kappa shape index (κ1) is 13.3. The van der Waals surface area contributed by atoms with Crippen LogP contribution in [0.5, 0.6) is 0 Å². The van der Waals surface area contributed by atoms with Gasteiger partial charge in [0.2, 0.25) is 5.95 Å². The van der Waals surface area contributed by atoms with Crippen LogP contribution in [0.1, 0.15) is 26.8 Å². The first-order chi connectivity index (χ1) is 11.1. The van der Waals surface area contributed by atoms with Crippen LogP contribution >= 0.6 is 0 Å². The average molecular weight is 311 g/mol. The molecule has 114 valence electrons. The summed E-state index contributed by atoms with van der Waals surface area (Å²) in [4.78, 5) is 40.0. The fourth-order valence-corrected chi connectivity index (χ4v) is 3.03. The predicted octanol–water partition coefficient (Wildman–Crippen LogP) is 1.06. The summed E-state index contributed by atoms with van der Waals surface area (Å²) in [5, 5.41) is 17.9. The zero-order valence-corrected chi connectivity index (χ0v) is 11.5. The molecule has 0 bridgehead atoms. The summed E-state index contributed by atoms with van der Waals surface area (Å²) in [6.45, 7) is 0. The van der Waals surface area contributed by atoms with Crippen LogP contribution in [0.2, 0.25) is 0 Å². The van der Waals surface area contributed by atoms with E-state index in [1.807, 2.05) is 0 Å². The van der Waals surface area contributed by atoms with E-state index in [-0.39, 0.29) is 22.8 Å². The molecule has 0 amide bonds. The lowest BCUT2D eigenvalue weighted by Gasteiger charge is -2.23. The van der Waals surface area contributed by atoms with Gasteiger partial charge in [0.15, 0.2) is 17.6 Å². The van der Waals surface area contributed by atoms with Crippen LogP contribution in [0.25, 0.3) is 0 Å². The molecule has 0 fully saturated rings. The van der Waals surface area contributed by atoms with Crippen molar-refractivity contribution < 1.29 is 14.5 Å². The number of aromatic nitrogens is 3. The van der Waals surface area contributed by atoms with Crippen molar-refractivity contribution in [2.45, 2.75) is 6.04 Å². The number of ketones is 2. The van der Waals surface area contributed by atoms with Crippen LogP contribution in [0.15, 0.2) is 42.5 Å². The van der Waals surface area contributed by atoms with Crippen molar-refractivity contribution >= 4 is 17.5 Å². The summed E-state index contributed by atoms with van der Waals surface area (Å²) in [5.41, 5.74) is 0.262. The molecule has 1 N–H and O–H groups in total. The summed E-state index contributed by atoms with van der Waals surface area (Å²) in [7, 11) is 0. The Morgan fingerprint density at radius 2 is 1.83 bits per heavy atom. The number of benzene rings is 1. The number of carbonyl (C=O) groups is 2. The number of nitro groups is 1. The predicted molar refractivity (Wildman–Crippen MR) is 76.4 cm³/mol. The Morgan fingerprint density at radius 3 is 2.43 bits per heavy atom. The van der Waals surface area contributed by atoms with Crippen LogP contribution in [-0.2, 0) is 0 Å². The number of hydrogen-bond donors (Lipinski definition) is 1. The Morgan fingerprint density at radius 1 is 1.17 bits per heavy atom. The maximum atomic E-state index is 12.7. The van der Waals surface area contributed by atoms with Crippen molar-refractivity contribution in [2.24, 2.45) is 5.92 Å². The molecule has 9 heteroatoms. The lowest BCUT2D eigenvalue weighted by Crippen LogP contribution is -2.35. The third-order valence-electron chi connectivity index (χ3n) is 4.04. The Hall–Kier alpha value is -3.36. The summed E-state index contributed by atoms with van der Waals surface area (Å²) in [5.74, 6) is -1.85. The third-order valence-corrected chi connectivity index (χ3v) is 4.04. The second kappa shape index (κ2) is 4.57. The van der Waals surface area contributed by atoms with Gasteiger partial charge in [-0.25, -0.2) is 4.68 Å². The van der Waals surface area contributed by atoms with Crippen molar-refractivity contribution in [1.82, 2.24) is 14.8 Å². The molecule has 23 heavy (non-hydrogen) atoms. The maximum Gasteiger partial charge on any atom is 0.287 e. The minimum Gasteiger partial charge on any atom is -0.325 e. The molecule has 0 saturated carbocycles. The Bertz CT molecular complexity index is 865. The number of nitrogens with zero attached hydrogens (tertiary/aromatic N) is 4. The molecule has 0 radical (unpaired) electrons. The molecule has 0 saturated heterocycles. The first-order valence-electron chi connectivity index (χ1n) is 6.77. The van der Waals surface area contributed by atoms with E-state index >= 15 is 0 Å². The van der Waals surface area contributed by atoms with Crippen LogP contribution in [-0.4, -0.2) is 31.3 Å². The van der Waals surface area contributed by atoms with Crippen molar-refractivity contribution in [1.29, 1.82) is 0 Å². The number of Topliss-reactive ketones (excluding diaryl/α,β-unsaturated/α-hetero) is 2. The minimum atomic E-state index is -1.22. The SMILES string of the molecule is O=C1c2ccccc2C(=O)C1C1C([N+](=O)[O-])=CNc2ncnn21. The lowest BCUT2D eigenvalue weighted by molar-refractivity contribution is -0.433. The minimum absolute atomic E-state index is 0.247. The van der Waals surface area contributed by atoms with Gasteiger partial charge in [0.25, 0.3) is 5.70 Å². The molecular formula is C14H9N5O4. The summed E-state index contributed by atoms with van der Waals surface area (Å²) in [6, 6.07) is 5.28. The average Bonchev–Trinajstić information content (AvgIpc) is 3.11. The molecule has 0 spiro atoms. The van der Waals surface area contributed by atoms with E-state index in [1.54, 1.807) is 24.3 Å². The van der Waals surface area contributed by atoms with Gasteiger partial charge in [0, 0.05) is 11.1 Å².